The number of amides is 1. The van der Waals surface area contributed by atoms with Crippen molar-refractivity contribution in [3.8, 4) is 0 Å². The minimum Gasteiger partial charge on any atom is -0.379 e. The van der Waals surface area contributed by atoms with Crippen molar-refractivity contribution in [2.75, 3.05) is 33.9 Å². The average Bonchev–Trinajstić information content (AvgIpc) is 3.20. The number of hydrogen-bond donors (Lipinski definition) is 1. The van der Waals surface area contributed by atoms with E-state index in [1.54, 1.807) is 0 Å². The molecule has 2 fully saturated rings. The molecule has 2 aliphatic heterocycles. The summed E-state index contributed by atoms with van der Waals surface area (Å²) in [5, 5.41) is 1.08. The second-order valence-electron chi connectivity index (χ2n) is 6.54. The van der Waals surface area contributed by atoms with Gasteiger partial charge in [0.2, 0.25) is 0 Å². The quantitative estimate of drug-likeness (QED) is 0.916. The third-order valence-corrected chi connectivity index (χ3v) is 5.10. The van der Waals surface area contributed by atoms with Gasteiger partial charge < -0.3 is 19.5 Å². The van der Waals surface area contributed by atoms with Crippen LogP contribution in [0.2, 0.25) is 0 Å². The van der Waals surface area contributed by atoms with Gasteiger partial charge in [0.1, 0.15) is 0 Å². The highest BCUT2D eigenvalue weighted by Crippen LogP contribution is 2.33. The number of hydrogen-bond acceptors (Lipinski definition) is 3. The van der Waals surface area contributed by atoms with Crippen molar-refractivity contribution in [1.29, 1.82) is 0 Å². The summed E-state index contributed by atoms with van der Waals surface area (Å²) in [6.07, 6.45) is 1.90. The first-order valence-electron chi connectivity index (χ1n) is 7.77. The number of nitrogens with zero attached hydrogens (tertiary/aromatic N) is 2. The first kappa shape index (κ1) is 13.8. The fourth-order valence-corrected chi connectivity index (χ4v) is 3.85. The summed E-state index contributed by atoms with van der Waals surface area (Å²) < 4.78 is 5.64. The Kier molecular flexibility index (Phi) is 3.20. The van der Waals surface area contributed by atoms with Crippen molar-refractivity contribution in [3.63, 3.8) is 0 Å². The zero-order valence-electron chi connectivity index (χ0n) is 13.0. The Labute approximate surface area is 129 Å². The second kappa shape index (κ2) is 5.11. The molecule has 0 radical (unpaired) electrons. The van der Waals surface area contributed by atoms with Crippen LogP contribution in [0.25, 0.3) is 10.9 Å². The van der Waals surface area contributed by atoms with Crippen LogP contribution in [0, 0.1) is 5.92 Å². The average molecular weight is 299 g/mol. The minimum absolute atomic E-state index is 0.118. The van der Waals surface area contributed by atoms with Crippen LogP contribution in [0.5, 0.6) is 0 Å². The van der Waals surface area contributed by atoms with E-state index in [1.165, 1.54) is 0 Å². The Balaban J connectivity index is 1.64. The van der Waals surface area contributed by atoms with E-state index in [1.807, 2.05) is 35.4 Å². The molecule has 0 spiro atoms. The Morgan fingerprint density at radius 2 is 2.18 bits per heavy atom. The molecule has 1 N–H and O–H groups in total. The number of rotatable bonds is 2. The van der Waals surface area contributed by atoms with Crippen LogP contribution in [0.4, 0.5) is 0 Å². The lowest BCUT2D eigenvalue weighted by Gasteiger charge is -2.24. The van der Waals surface area contributed by atoms with Gasteiger partial charge in [0.25, 0.3) is 5.91 Å². The van der Waals surface area contributed by atoms with Gasteiger partial charge in [-0.1, -0.05) is 0 Å². The van der Waals surface area contributed by atoms with E-state index >= 15 is 0 Å². The summed E-state index contributed by atoms with van der Waals surface area (Å²) in [7, 11) is 4.17. The highest BCUT2D eigenvalue weighted by molar-refractivity contribution is 5.98. The molecule has 1 aromatic heterocycles. The summed E-state index contributed by atoms with van der Waals surface area (Å²) in [6, 6.07) is 8.45. The van der Waals surface area contributed by atoms with Crippen molar-refractivity contribution in [2.45, 2.75) is 12.1 Å². The Morgan fingerprint density at radius 1 is 1.32 bits per heavy atom. The van der Waals surface area contributed by atoms with Crippen molar-refractivity contribution in [3.05, 3.63) is 36.0 Å². The van der Waals surface area contributed by atoms with E-state index in [9.17, 15) is 4.79 Å². The lowest BCUT2D eigenvalue weighted by Crippen LogP contribution is -2.38. The Morgan fingerprint density at radius 3 is 3.00 bits per heavy atom. The predicted octanol–water partition coefficient (Wildman–Crippen LogP) is 1.57. The first-order chi connectivity index (χ1) is 10.6. The lowest BCUT2D eigenvalue weighted by atomic mass is 9.99. The molecule has 4 rings (SSSR count). The van der Waals surface area contributed by atoms with Crippen molar-refractivity contribution < 1.29 is 9.53 Å². The van der Waals surface area contributed by atoms with Crippen LogP contribution >= 0.6 is 0 Å². The van der Waals surface area contributed by atoms with Crippen molar-refractivity contribution in [2.24, 2.45) is 5.92 Å². The molecule has 1 aromatic carbocycles. The maximum atomic E-state index is 13.0. The maximum Gasteiger partial charge on any atom is 0.254 e. The number of aromatic nitrogens is 1. The van der Waals surface area contributed by atoms with Gasteiger partial charge in [-0.3, -0.25) is 4.79 Å². The number of fused-ring (bicyclic) bond motifs is 2. The highest BCUT2D eigenvalue weighted by Gasteiger charge is 2.48. The third kappa shape index (κ3) is 2.04. The molecular weight excluding hydrogens is 278 g/mol. The highest BCUT2D eigenvalue weighted by atomic mass is 16.5. The van der Waals surface area contributed by atoms with E-state index in [4.69, 9.17) is 4.74 Å². The maximum absolute atomic E-state index is 13.0. The number of carbonyl (C=O) groups is 1. The molecule has 3 atom stereocenters. The fourth-order valence-electron chi connectivity index (χ4n) is 3.85. The van der Waals surface area contributed by atoms with Crippen LogP contribution in [-0.2, 0) is 4.74 Å². The molecule has 0 aliphatic carbocycles. The topological polar surface area (TPSA) is 48.6 Å². The van der Waals surface area contributed by atoms with Crippen LogP contribution in [0.3, 0.4) is 0 Å². The molecule has 1 amide bonds. The van der Waals surface area contributed by atoms with Gasteiger partial charge in [0.15, 0.2) is 0 Å². The number of ether oxygens (including phenoxy) is 1. The monoisotopic (exact) mass is 299 g/mol. The normalized spacial score (nSPS) is 27.8. The van der Waals surface area contributed by atoms with Gasteiger partial charge in [0.05, 0.1) is 19.3 Å². The van der Waals surface area contributed by atoms with E-state index in [-0.39, 0.29) is 11.9 Å². The van der Waals surface area contributed by atoms with Crippen LogP contribution in [0.15, 0.2) is 30.5 Å². The van der Waals surface area contributed by atoms with Gasteiger partial charge in [-0.05, 0) is 38.4 Å². The van der Waals surface area contributed by atoms with E-state index in [2.05, 4.69) is 24.0 Å². The number of aromatic amines is 1. The largest absolute Gasteiger partial charge is 0.379 e. The summed E-state index contributed by atoms with van der Waals surface area (Å²) in [5.41, 5.74) is 1.82. The SMILES string of the molecule is CN(C)[C@@H]1CN(C(=O)c2ccc3[nH]ccc3c2)[C@@H]2COC[C@H]12. The summed E-state index contributed by atoms with van der Waals surface area (Å²) in [5.74, 6) is 0.544. The Hall–Kier alpha value is -1.85. The standard InChI is InChI=1S/C17H21N3O2/c1-19(2)15-8-20(16-10-22-9-13(15)16)17(21)12-3-4-14-11(7-12)5-6-18-14/h3-7,13,15-16,18H,8-10H2,1-2H3/t13-,15-,16-/m1/s1. The van der Waals surface area contributed by atoms with Crippen molar-refractivity contribution >= 4 is 16.8 Å². The van der Waals surface area contributed by atoms with E-state index in [0.29, 0.717) is 18.6 Å². The molecule has 2 saturated heterocycles. The molecule has 0 saturated carbocycles. The Bertz CT molecular complexity index is 709. The summed E-state index contributed by atoms with van der Waals surface area (Å²) in [4.78, 5) is 20.4. The molecule has 5 heteroatoms. The fraction of sp³-hybridized carbons (Fsp3) is 0.471. The second-order valence-corrected chi connectivity index (χ2v) is 6.54. The van der Waals surface area contributed by atoms with Crippen LogP contribution in [-0.4, -0.2) is 66.6 Å². The molecule has 0 unspecified atom stereocenters. The van der Waals surface area contributed by atoms with Gasteiger partial charge in [-0.25, -0.2) is 0 Å². The molecule has 116 valence electrons. The number of H-pyrrole nitrogens is 1. The van der Waals surface area contributed by atoms with Crippen LogP contribution in [0.1, 0.15) is 10.4 Å². The van der Waals surface area contributed by atoms with E-state index < -0.39 is 0 Å². The molecule has 5 nitrogen and oxygen atoms in total. The number of likely N-dealkylation sites (N-methyl/N-ethyl adjacent to an activating group) is 1. The van der Waals surface area contributed by atoms with Gasteiger partial charge >= 0.3 is 0 Å². The number of benzene rings is 1. The zero-order chi connectivity index (χ0) is 15.3. The molecule has 3 heterocycles. The third-order valence-electron chi connectivity index (χ3n) is 5.10. The molecular formula is C17H21N3O2. The van der Waals surface area contributed by atoms with Gasteiger partial charge in [-0.15, -0.1) is 0 Å². The molecule has 22 heavy (non-hydrogen) atoms. The lowest BCUT2D eigenvalue weighted by molar-refractivity contribution is 0.0677. The van der Waals surface area contributed by atoms with Crippen molar-refractivity contribution in [1.82, 2.24) is 14.8 Å². The summed E-state index contributed by atoms with van der Waals surface area (Å²) in [6.45, 7) is 2.21. The van der Waals surface area contributed by atoms with Gasteiger partial charge in [0, 0.05) is 41.2 Å². The van der Waals surface area contributed by atoms with E-state index in [0.717, 1.165) is 29.6 Å². The molecule has 0 bridgehead atoms. The predicted molar refractivity (Wildman–Crippen MR) is 84.9 cm³/mol. The number of nitrogens with one attached hydrogen (secondary N) is 1. The molecule has 2 aromatic rings. The zero-order valence-corrected chi connectivity index (χ0v) is 13.0. The molecule has 2 aliphatic rings. The summed E-state index contributed by atoms with van der Waals surface area (Å²) >= 11 is 0. The minimum atomic E-state index is 0.118. The smallest absolute Gasteiger partial charge is 0.254 e. The first-order valence-corrected chi connectivity index (χ1v) is 7.77. The van der Waals surface area contributed by atoms with Crippen LogP contribution < -0.4 is 0 Å². The van der Waals surface area contributed by atoms with Gasteiger partial charge in [-0.2, -0.15) is 0 Å². The number of carbonyl (C=O) groups excluding carboxylic acids is 1. The number of likely N-dealkylation sites (tertiary alicyclic amines) is 1.